The average Bonchev–Trinajstić information content (AvgIpc) is 2.98. The number of nitrogens with one attached hydrogen (secondary N) is 1. The van der Waals surface area contributed by atoms with Gasteiger partial charge in [0.05, 0.1) is 5.69 Å². The fourth-order valence-corrected chi connectivity index (χ4v) is 3.68. The Kier molecular flexibility index (Phi) is 4.29. The van der Waals surface area contributed by atoms with Gasteiger partial charge in [0.2, 0.25) is 5.95 Å². The van der Waals surface area contributed by atoms with E-state index in [0.29, 0.717) is 6.04 Å². The molecule has 0 aromatic carbocycles. The quantitative estimate of drug-likeness (QED) is 0.918. The maximum Gasteiger partial charge on any atom is 0.203 e. The van der Waals surface area contributed by atoms with Crippen LogP contribution in [0.2, 0.25) is 0 Å². The standard InChI is InChI=1S/C16H28N4/c1-13-10-20(12-14-8-9-19(2)11-14)16(17-13)18-15-6-4-3-5-7-15/h10,14-15H,3-9,11-12H2,1-2H3,(H,17,18). The van der Waals surface area contributed by atoms with Gasteiger partial charge in [-0.1, -0.05) is 19.3 Å². The van der Waals surface area contributed by atoms with Crippen molar-refractivity contribution in [3.63, 3.8) is 0 Å². The molecular formula is C16H28N4. The maximum absolute atomic E-state index is 4.70. The summed E-state index contributed by atoms with van der Waals surface area (Å²) < 4.78 is 2.35. The molecule has 1 saturated carbocycles. The van der Waals surface area contributed by atoms with Crippen molar-refractivity contribution in [3.05, 3.63) is 11.9 Å². The lowest BCUT2D eigenvalue weighted by molar-refractivity contribution is 0.378. The topological polar surface area (TPSA) is 33.1 Å². The Bertz CT molecular complexity index is 409. The van der Waals surface area contributed by atoms with Crippen LogP contribution in [0.3, 0.4) is 0 Å². The van der Waals surface area contributed by atoms with Crippen LogP contribution in [0.25, 0.3) is 0 Å². The summed E-state index contributed by atoms with van der Waals surface area (Å²) in [5, 5.41) is 3.69. The van der Waals surface area contributed by atoms with Crippen LogP contribution in [0.1, 0.15) is 44.2 Å². The molecule has 2 fully saturated rings. The van der Waals surface area contributed by atoms with Crippen LogP contribution in [0.5, 0.6) is 0 Å². The van der Waals surface area contributed by atoms with Crippen LogP contribution in [0.15, 0.2) is 6.20 Å². The van der Waals surface area contributed by atoms with E-state index in [4.69, 9.17) is 4.98 Å². The van der Waals surface area contributed by atoms with E-state index in [-0.39, 0.29) is 0 Å². The van der Waals surface area contributed by atoms with E-state index in [1.165, 1.54) is 51.6 Å². The third-order valence-electron chi connectivity index (χ3n) is 4.78. The van der Waals surface area contributed by atoms with E-state index in [9.17, 15) is 0 Å². The highest BCUT2D eigenvalue weighted by molar-refractivity contribution is 5.30. The van der Waals surface area contributed by atoms with E-state index in [0.717, 1.165) is 24.1 Å². The summed E-state index contributed by atoms with van der Waals surface area (Å²) in [5.74, 6) is 1.88. The molecule has 4 nitrogen and oxygen atoms in total. The molecule has 112 valence electrons. The Balaban J connectivity index is 1.64. The Labute approximate surface area is 122 Å². The van der Waals surface area contributed by atoms with Crippen LogP contribution in [-0.2, 0) is 6.54 Å². The molecule has 2 heterocycles. The number of hydrogen-bond donors (Lipinski definition) is 1. The monoisotopic (exact) mass is 276 g/mol. The second kappa shape index (κ2) is 6.17. The largest absolute Gasteiger partial charge is 0.353 e. The van der Waals surface area contributed by atoms with Gasteiger partial charge in [0.15, 0.2) is 0 Å². The average molecular weight is 276 g/mol. The molecule has 1 atom stereocenters. The highest BCUT2D eigenvalue weighted by Crippen LogP contribution is 2.23. The molecule has 0 amide bonds. The molecule has 1 unspecified atom stereocenters. The molecule has 1 N–H and O–H groups in total. The van der Waals surface area contributed by atoms with Gasteiger partial charge in [-0.15, -0.1) is 0 Å². The minimum absolute atomic E-state index is 0.635. The molecule has 0 spiro atoms. The zero-order chi connectivity index (χ0) is 13.9. The summed E-state index contributed by atoms with van der Waals surface area (Å²) in [6, 6.07) is 0.635. The summed E-state index contributed by atoms with van der Waals surface area (Å²) in [6.45, 7) is 5.67. The van der Waals surface area contributed by atoms with Gasteiger partial charge in [0.1, 0.15) is 0 Å². The highest BCUT2D eigenvalue weighted by Gasteiger charge is 2.22. The molecule has 2 aliphatic rings. The molecule has 4 heteroatoms. The lowest BCUT2D eigenvalue weighted by Crippen LogP contribution is -2.25. The number of nitrogens with zero attached hydrogens (tertiary/aromatic N) is 3. The SMILES string of the molecule is Cc1cn(CC2CCN(C)C2)c(NC2CCCCC2)n1. The second-order valence-electron chi connectivity index (χ2n) is 6.75. The van der Waals surface area contributed by atoms with E-state index in [1.807, 2.05) is 0 Å². The van der Waals surface area contributed by atoms with E-state index in [1.54, 1.807) is 0 Å². The minimum Gasteiger partial charge on any atom is -0.353 e. The summed E-state index contributed by atoms with van der Waals surface area (Å²) in [7, 11) is 2.22. The van der Waals surface area contributed by atoms with E-state index >= 15 is 0 Å². The number of rotatable bonds is 4. The van der Waals surface area contributed by atoms with Crippen molar-refractivity contribution in [3.8, 4) is 0 Å². The van der Waals surface area contributed by atoms with Crippen molar-refractivity contribution >= 4 is 5.95 Å². The Morgan fingerprint density at radius 3 is 2.75 bits per heavy atom. The normalized spacial score (nSPS) is 25.2. The highest BCUT2D eigenvalue weighted by atomic mass is 15.2. The third-order valence-corrected chi connectivity index (χ3v) is 4.78. The van der Waals surface area contributed by atoms with Crippen molar-refractivity contribution < 1.29 is 0 Å². The zero-order valence-corrected chi connectivity index (χ0v) is 12.9. The Hall–Kier alpha value is -1.03. The van der Waals surface area contributed by atoms with Gasteiger partial charge in [0, 0.05) is 25.3 Å². The third kappa shape index (κ3) is 3.35. The number of anilines is 1. The van der Waals surface area contributed by atoms with Crippen LogP contribution < -0.4 is 5.32 Å². The smallest absolute Gasteiger partial charge is 0.203 e. The first kappa shape index (κ1) is 13.9. The summed E-state index contributed by atoms with van der Waals surface area (Å²) in [4.78, 5) is 7.14. The van der Waals surface area contributed by atoms with Crippen molar-refractivity contribution in [2.24, 2.45) is 5.92 Å². The van der Waals surface area contributed by atoms with Gasteiger partial charge in [-0.05, 0) is 45.7 Å². The summed E-state index contributed by atoms with van der Waals surface area (Å²) in [6.07, 6.45) is 10.3. The first-order valence-electron chi connectivity index (χ1n) is 8.19. The zero-order valence-electron chi connectivity index (χ0n) is 12.9. The number of hydrogen-bond acceptors (Lipinski definition) is 3. The lowest BCUT2D eigenvalue weighted by atomic mass is 9.96. The molecule has 1 aromatic heterocycles. The van der Waals surface area contributed by atoms with E-state index in [2.05, 4.69) is 35.0 Å². The van der Waals surface area contributed by atoms with Gasteiger partial charge in [-0.2, -0.15) is 0 Å². The van der Waals surface area contributed by atoms with Crippen LogP contribution >= 0.6 is 0 Å². The molecule has 3 rings (SSSR count). The van der Waals surface area contributed by atoms with Crippen LogP contribution in [-0.4, -0.2) is 40.6 Å². The molecule has 0 radical (unpaired) electrons. The van der Waals surface area contributed by atoms with Crippen LogP contribution in [0.4, 0.5) is 5.95 Å². The minimum atomic E-state index is 0.635. The van der Waals surface area contributed by atoms with Gasteiger partial charge < -0.3 is 14.8 Å². The molecule has 20 heavy (non-hydrogen) atoms. The van der Waals surface area contributed by atoms with Crippen LogP contribution in [0, 0.1) is 12.8 Å². The number of aryl methyl sites for hydroxylation is 1. The molecule has 1 saturated heterocycles. The van der Waals surface area contributed by atoms with Gasteiger partial charge in [0.25, 0.3) is 0 Å². The number of likely N-dealkylation sites (tertiary alicyclic amines) is 1. The van der Waals surface area contributed by atoms with Crippen molar-refractivity contribution in [2.45, 2.75) is 58.0 Å². The predicted octanol–water partition coefficient (Wildman–Crippen LogP) is 2.89. The Morgan fingerprint density at radius 1 is 1.25 bits per heavy atom. The molecule has 1 aliphatic heterocycles. The molecule has 1 aromatic rings. The van der Waals surface area contributed by atoms with Crippen molar-refractivity contribution in [1.82, 2.24) is 14.5 Å². The predicted molar refractivity (Wildman–Crippen MR) is 83.1 cm³/mol. The van der Waals surface area contributed by atoms with Crippen molar-refractivity contribution in [2.75, 3.05) is 25.5 Å². The first-order chi connectivity index (χ1) is 9.70. The van der Waals surface area contributed by atoms with Gasteiger partial charge in [-0.3, -0.25) is 0 Å². The molecular weight excluding hydrogens is 248 g/mol. The second-order valence-corrected chi connectivity index (χ2v) is 6.75. The Morgan fingerprint density at radius 2 is 2.05 bits per heavy atom. The van der Waals surface area contributed by atoms with Crippen molar-refractivity contribution in [1.29, 1.82) is 0 Å². The summed E-state index contributed by atoms with van der Waals surface area (Å²) in [5.41, 5.74) is 1.13. The fraction of sp³-hybridized carbons (Fsp3) is 0.812. The van der Waals surface area contributed by atoms with E-state index < -0.39 is 0 Å². The fourth-order valence-electron chi connectivity index (χ4n) is 3.68. The molecule has 0 bridgehead atoms. The summed E-state index contributed by atoms with van der Waals surface area (Å²) >= 11 is 0. The van der Waals surface area contributed by atoms with Gasteiger partial charge in [-0.25, -0.2) is 4.98 Å². The number of aromatic nitrogens is 2. The number of imidazole rings is 1. The molecule has 1 aliphatic carbocycles. The van der Waals surface area contributed by atoms with Gasteiger partial charge >= 0.3 is 0 Å². The first-order valence-corrected chi connectivity index (χ1v) is 8.19. The maximum atomic E-state index is 4.70. The lowest BCUT2D eigenvalue weighted by Gasteiger charge is -2.24.